The maximum atomic E-state index is 13.6. The van der Waals surface area contributed by atoms with Crippen LogP contribution in [0, 0.1) is 11.8 Å². The number of hydrogen-bond donors (Lipinski definition) is 1. The van der Waals surface area contributed by atoms with E-state index in [0.29, 0.717) is 29.8 Å². The van der Waals surface area contributed by atoms with Gasteiger partial charge in [-0.15, -0.1) is 0 Å². The number of hydrogen-bond acceptors (Lipinski definition) is 5. The molecule has 1 aliphatic carbocycles. The average Bonchev–Trinajstić information content (AvgIpc) is 3.66. The molecule has 4 unspecified atom stereocenters. The first kappa shape index (κ1) is 34.0. The Morgan fingerprint density at radius 3 is 2.09 bits per heavy atom. The van der Waals surface area contributed by atoms with Gasteiger partial charge in [-0.3, -0.25) is 0 Å². The lowest BCUT2D eigenvalue weighted by molar-refractivity contribution is 0.0688. The van der Waals surface area contributed by atoms with Crippen molar-refractivity contribution in [1.29, 1.82) is 0 Å². The quantitative estimate of drug-likeness (QED) is 0.185. The van der Waals surface area contributed by atoms with Gasteiger partial charge in [-0.25, -0.2) is 0 Å². The highest BCUT2D eigenvalue weighted by Gasteiger charge is 2.46. The van der Waals surface area contributed by atoms with E-state index in [1.54, 1.807) is 0 Å². The molecule has 3 aliphatic heterocycles. The lowest BCUT2D eigenvalue weighted by Gasteiger charge is -2.40. The van der Waals surface area contributed by atoms with E-state index in [0.717, 1.165) is 92.5 Å². The summed E-state index contributed by atoms with van der Waals surface area (Å²) < 4.78 is 19.7. The third-order valence-corrected chi connectivity index (χ3v) is 12.4. The van der Waals surface area contributed by atoms with Gasteiger partial charge in [0.1, 0.15) is 11.4 Å². The summed E-state index contributed by atoms with van der Waals surface area (Å²) in [6, 6.07) is 40.7. The SMILES string of the molecule is CCCCC1(O)c2ccccc2-c2ccccc2-c2c1c1c(c3cc4c(cc23)OCO4)OC(c2ccccc2)(c2ccc(N3CC(C)CC(C)C3)cc2)C=C1. The van der Waals surface area contributed by atoms with E-state index >= 15 is 0 Å². The number of piperidine rings is 1. The molecular formula is C50H47NO4. The van der Waals surface area contributed by atoms with Crippen LogP contribution in [0.2, 0.25) is 0 Å². The Bertz CT molecular complexity index is 2460. The molecule has 6 aromatic carbocycles. The molecule has 6 aromatic rings. The topological polar surface area (TPSA) is 51.2 Å². The number of fused-ring (bicyclic) bond motifs is 11. The Hall–Kier alpha value is -5.52. The van der Waals surface area contributed by atoms with Crippen LogP contribution in [0.15, 0.2) is 121 Å². The molecular weight excluding hydrogens is 679 g/mol. The van der Waals surface area contributed by atoms with Gasteiger partial charge in [-0.05, 0) is 88.2 Å². The minimum absolute atomic E-state index is 0.161. The first-order chi connectivity index (χ1) is 26.9. The van der Waals surface area contributed by atoms with Gasteiger partial charge in [-0.2, -0.15) is 0 Å². The Morgan fingerprint density at radius 2 is 1.36 bits per heavy atom. The Morgan fingerprint density at radius 1 is 0.727 bits per heavy atom. The molecule has 0 bridgehead atoms. The zero-order valence-corrected chi connectivity index (χ0v) is 31.8. The van der Waals surface area contributed by atoms with Crippen molar-refractivity contribution < 1.29 is 19.3 Å². The molecule has 0 aromatic heterocycles. The van der Waals surface area contributed by atoms with E-state index in [4.69, 9.17) is 14.2 Å². The molecule has 4 aliphatic rings. The Kier molecular flexibility index (Phi) is 8.07. The summed E-state index contributed by atoms with van der Waals surface area (Å²) in [7, 11) is 0. The monoisotopic (exact) mass is 725 g/mol. The number of benzene rings is 6. The van der Waals surface area contributed by atoms with Crippen LogP contribution < -0.4 is 19.1 Å². The zero-order chi connectivity index (χ0) is 37.3. The van der Waals surface area contributed by atoms with Crippen molar-refractivity contribution in [2.45, 2.75) is 57.7 Å². The number of anilines is 1. The van der Waals surface area contributed by atoms with Crippen LogP contribution in [0.4, 0.5) is 5.69 Å². The molecule has 10 rings (SSSR count). The van der Waals surface area contributed by atoms with Gasteiger partial charge in [-0.1, -0.05) is 131 Å². The third-order valence-electron chi connectivity index (χ3n) is 12.4. The minimum atomic E-state index is -1.31. The highest BCUT2D eigenvalue weighted by Crippen LogP contribution is 2.59. The summed E-state index contributed by atoms with van der Waals surface area (Å²) >= 11 is 0. The standard InChI is InChI=1S/C50H47NO4/c1-4-5-24-49(52)43-18-12-11-16-38(43)37-15-9-10-17-39(37)46-41-27-44-45(54-31-53-44)28-42(41)48-40(47(46)49)23-25-50(55-48,34-13-7-6-8-14-34)35-19-21-36(22-20-35)51-29-32(2)26-33(3)30-51/h6-23,25,27-28,32-33,52H,4-5,24,26,29-31H2,1-3H3. The Labute approximate surface area is 323 Å². The van der Waals surface area contributed by atoms with Crippen LogP contribution in [0.1, 0.15) is 74.3 Å². The van der Waals surface area contributed by atoms with Gasteiger partial charge in [0.15, 0.2) is 17.1 Å². The van der Waals surface area contributed by atoms with Gasteiger partial charge in [0, 0.05) is 46.4 Å². The van der Waals surface area contributed by atoms with Crippen LogP contribution >= 0.6 is 0 Å². The summed E-state index contributed by atoms with van der Waals surface area (Å²) in [6.45, 7) is 9.20. The third kappa shape index (κ3) is 5.31. The van der Waals surface area contributed by atoms with E-state index in [1.807, 2.05) is 0 Å². The van der Waals surface area contributed by atoms with E-state index in [9.17, 15) is 5.11 Å². The molecule has 55 heavy (non-hydrogen) atoms. The van der Waals surface area contributed by atoms with Crippen LogP contribution in [0.3, 0.4) is 0 Å². The summed E-state index contributed by atoms with van der Waals surface area (Å²) in [5.74, 6) is 3.44. The molecule has 1 N–H and O–H groups in total. The van der Waals surface area contributed by atoms with Crippen molar-refractivity contribution in [3.05, 3.63) is 149 Å². The highest BCUT2D eigenvalue weighted by atomic mass is 16.7. The number of unbranched alkanes of at least 4 members (excludes halogenated alkanes) is 1. The van der Waals surface area contributed by atoms with Crippen molar-refractivity contribution in [1.82, 2.24) is 0 Å². The fraction of sp³-hybridized carbons (Fsp3) is 0.280. The van der Waals surface area contributed by atoms with E-state index in [1.165, 1.54) is 12.1 Å². The normalized spacial score (nSPS) is 23.3. The number of nitrogens with zero attached hydrogens (tertiary/aromatic N) is 1. The van der Waals surface area contributed by atoms with Gasteiger partial charge >= 0.3 is 0 Å². The second kappa shape index (κ2) is 13.1. The molecule has 5 nitrogen and oxygen atoms in total. The predicted molar refractivity (Wildman–Crippen MR) is 222 cm³/mol. The summed E-state index contributed by atoms with van der Waals surface area (Å²) in [4.78, 5) is 2.53. The fourth-order valence-corrected chi connectivity index (χ4v) is 10.0. The molecule has 1 fully saturated rings. The van der Waals surface area contributed by atoms with E-state index in [-0.39, 0.29) is 6.79 Å². The minimum Gasteiger partial charge on any atom is -0.472 e. The average molecular weight is 726 g/mol. The van der Waals surface area contributed by atoms with Crippen molar-refractivity contribution in [2.75, 3.05) is 24.8 Å². The number of rotatable bonds is 6. The maximum Gasteiger partial charge on any atom is 0.231 e. The molecule has 0 saturated carbocycles. The second-order valence-electron chi connectivity index (χ2n) is 16.2. The van der Waals surface area contributed by atoms with Crippen LogP contribution in [-0.4, -0.2) is 25.0 Å². The second-order valence-corrected chi connectivity index (χ2v) is 16.2. The highest BCUT2D eigenvalue weighted by molar-refractivity contribution is 6.10. The van der Waals surface area contributed by atoms with Crippen LogP contribution in [0.25, 0.3) is 39.1 Å². The van der Waals surface area contributed by atoms with Crippen molar-refractivity contribution in [2.24, 2.45) is 11.8 Å². The molecule has 0 radical (unpaired) electrons. The van der Waals surface area contributed by atoms with Gasteiger partial charge in [0.2, 0.25) is 6.79 Å². The summed E-state index contributed by atoms with van der Waals surface area (Å²) in [6.07, 6.45) is 8.09. The number of ether oxygens (including phenoxy) is 3. The van der Waals surface area contributed by atoms with Crippen LogP contribution in [0.5, 0.6) is 17.2 Å². The molecule has 1 saturated heterocycles. The Balaban J connectivity index is 1.25. The molecule has 3 heterocycles. The van der Waals surface area contributed by atoms with Crippen molar-refractivity contribution in [3.63, 3.8) is 0 Å². The molecule has 5 heteroatoms. The van der Waals surface area contributed by atoms with Crippen LogP contribution in [-0.2, 0) is 11.2 Å². The van der Waals surface area contributed by atoms with Crippen molar-refractivity contribution in [3.8, 4) is 39.5 Å². The van der Waals surface area contributed by atoms with Gasteiger partial charge < -0.3 is 24.2 Å². The van der Waals surface area contributed by atoms with Crippen molar-refractivity contribution >= 4 is 22.5 Å². The first-order valence-electron chi connectivity index (χ1n) is 20.0. The summed E-state index contributed by atoms with van der Waals surface area (Å²) in [5.41, 5.74) is 8.00. The van der Waals surface area contributed by atoms with E-state index in [2.05, 4.69) is 153 Å². The lowest BCUT2D eigenvalue weighted by atomic mass is 9.74. The lowest BCUT2D eigenvalue weighted by Crippen LogP contribution is -2.39. The molecule has 276 valence electrons. The zero-order valence-electron chi connectivity index (χ0n) is 31.8. The largest absolute Gasteiger partial charge is 0.472 e. The fourth-order valence-electron chi connectivity index (χ4n) is 10.0. The van der Waals surface area contributed by atoms with Gasteiger partial charge in [0.25, 0.3) is 0 Å². The molecule has 4 atom stereocenters. The van der Waals surface area contributed by atoms with E-state index < -0.39 is 11.2 Å². The summed E-state index contributed by atoms with van der Waals surface area (Å²) in [5, 5.41) is 15.5. The molecule has 0 amide bonds. The van der Waals surface area contributed by atoms with Gasteiger partial charge in [0.05, 0.1) is 0 Å². The number of aliphatic hydroxyl groups is 1. The predicted octanol–water partition coefficient (Wildman–Crippen LogP) is 11.5. The first-order valence-corrected chi connectivity index (χ1v) is 20.0. The maximum absolute atomic E-state index is 13.6. The molecule has 0 spiro atoms. The smallest absolute Gasteiger partial charge is 0.231 e.